The SMILES string of the molecule is CC(CNC(=O)c1cccc([N+](=O)[O-])c1O)c1nccs1. The maximum absolute atomic E-state index is 12.0. The molecule has 0 aliphatic heterocycles. The Balaban J connectivity index is 2.07. The van der Waals surface area contributed by atoms with Gasteiger partial charge in [0.05, 0.1) is 15.5 Å². The molecule has 1 aromatic carbocycles. The minimum Gasteiger partial charge on any atom is -0.502 e. The number of phenols is 1. The molecule has 0 aliphatic rings. The summed E-state index contributed by atoms with van der Waals surface area (Å²) in [5.41, 5.74) is -0.605. The number of aromatic nitrogens is 1. The zero-order chi connectivity index (χ0) is 15.4. The summed E-state index contributed by atoms with van der Waals surface area (Å²) in [6.45, 7) is 2.24. The van der Waals surface area contributed by atoms with Gasteiger partial charge in [-0.2, -0.15) is 0 Å². The van der Waals surface area contributed by atoms with Crippen LogP contribution < -0.4 is 5.32 Å². The normalized spacial score (nSPS) is 11.9. The number of nitro benzene ring substituents is 1. The van der Waals surface area contributed by atoms with Crippen molar-refractivity contribution in [1.29, 1.82) is 0 Å². The van der Waals surface area contributed by atoms with Crippen molar-refractivity contribution in [2.75, 3.05) is 6.54 Å². The molecule has 1 amide bonds. The third-order valence-electron chi connectivity index (χ3n) is 2.90. The van der Waals surface area contributed by atoms with Crippen LogP contribution in [0.1, 0.15) is 28.2 Å². The highest BCUT2D eigenvalue weighted by molar-refractivity contribution is 7.09. The molecule has 7 nitrogen and oxygen atoms in total. The van der Waals surface area contributed by atoms with Gasteiger partial charge in [-0.25, -0.2) is 4.98 Å². The molecule has 0 fully saturated rings. The number of hydrogen-bond acceptors (Lipinski definition) is 6. The Kier molecular flexibility index (Phi) is 4.49. The summed E-state index contributed by atoms with van der Waals surface area (Å²) in [5.74, 6) is -1.16. The van der Waals surface area contributed by atoms with Gasteiger partial charge in [0.1, 0.15) is 0 Å². The number of benzene rings is 1. The first-order valence-electron chi connectivity index (χ1n) is 6.14. The van der Waals surface area contributed by atoms with E-state index in [1.54, 1.807) is 6.20 Å². The van der Waals surface area contributed by atoms with E-state index in [0.717, 1.165) is 11.1 Å². The lowest BCUT2D eigenvalue weighted by Gasteiger charge is -2.10. The van der Waals surface area contributed by atoms with E-state index in [4.69, 9.17) is 0 Å². The van der Waals surface area contributed by atoms with Crippen LogP contribution in [0.4, 0.5) is 5.69 Å². The van der Waals surface area contributed by atoms with Crippen LogP contribution in [0.5, 0.6) is 5.75 Å². The fourth-order valence-corrected chi connectivity index (χ4v) is 2.47. The molecule has 0 spiro atoms. The first kappa shape index (κ1) is 14.9. The van der Waals surface area contributed by atoms with Crippen LogP contribution in [-0.4, -0.2) is 27.5 Å². The number of nitrogens with one attached hydrogen (secondary N) is 1. The Hall–Kier alpha value is -2.48. The van der Waals surface area contributed by atoms with Gasteiger partial charge in [0.15, 0.2) is 0 Å². The maximum Gasteiger partial charge on any atom is 0.311 e. The highest BCUT2D eigenvalue weighted by Crippen LogP contribution is 2.29. The van der Waals surface area contributed by atoms with Gasteiger partial charge in [-0.05, 0) is 6.07 Å². The molecule has 0 radical (unpaired) electrons. The number of nitrogens with zero attached hydrogens (tertiary/aromatic N) is 2. The predicted molar refractivity (Wildman–Crippen MR) is 77.6 cm³/mol. The number of carbonyl (C=O) groups is 1. The molecule has 1 atom stereocenters. The fourth-order valence-electron chi connectivity index (χ4n) is 1.77. The second-order valence-electron chi connectivity index (χ2n) is 4.41. The number of phenolic OH excluding ortho intramolecular Hbond substituents is 1. The summed E-state index contributed by atoms with van der Waals surface area (Å²) in [6.07, 6.45) is 1.69. The van der Waals surface area contributed by atoms with Crippen molar-refractivity contribution in [2.24, 2.45) is 0 Å². The van der Waals surface area contributed by atoms with E-state index in [2.05, 4.69) is 10.3 Å². The number of thiazole rings is 1. The van der Waals surface area contributed by atoms with Crippen LogP contribution in [-0.2, 0) is 0 Å². The monoisotopic (exact) mass is 307 g/mol. The Morgan fingerprint density at radius 1 is 1.57 bits per heavy atom. The van der Waals surface area contributed by atoms with Crippen LogP contribution in [0.25, 0.3) is 0 Å². The highest BCUT2D eigenvalue weighted by Gasteiger charge is 2.21. The average Bonchev–Trinajstić information content (AvgIpc) is 2.98. The largest absolute Gasteiger partial charge is 0.502 e. The maximum atomic E-state index is 12.0. The molecule has 1 heterocycles. The van der Waals surface area contributed by atoms with E-state index in [1.165, 1.54) is 23.5 Å². The third-order valence-corrected chi connectivity index (χ3v) is 3.90. The molecular weight excluding hydrogens is 294 g/mol. The summed E-state index contributed by atoms with van der Waals surface area (Å²) in [6, 6.07) is 3.84. The Morgan fingerprint density at radius 2 is 2.33 bits per heavy atom. The number of nitro groups is 1. The Bertz CT molecular complexity index is 657. The predicted octanol–water partition coefficient (Wildman–Crippen LogP) is 2.29. The van der Waals surface area contributed by atoms with Crippen LogP contribution in [0.2, 0.25) is 0 Å². The number of rotatable bonds is 5. The van der Waals surface area contributed by atoms with E-state index in [1.807, 2.05) is 12.3 Å². The van der Waals surface area contributed by atoms with Crippen LogP contribution >= 0.6 is 11.3 Å². The first-order valence-corrected chi connectivity index (χ1v) is 7.02. The standard InChI is InChI=1S/C13H13N3O4S/c1-8(13-14-5-6-21-13)7-15-12(18)9-3-2-4-10(11(9)17)16(19)20/h2-6,8,17H,7H2,1H3,(H,15,18). The number of amides is 1. The molecule has 1 unspecified atom stereocenters. The molecule has 1 aromatic heterocycles. The second-order valence-corrected chi connectivity index (χ2v) is 5.34. The molecule has 0 saturated heterocycles. The molecule has 0 bridgehead atoms. The number of carbonyl (C=O) groups excluding carboxylic acids is 1. The second kappa shape index (κ2) is 6.31. The lowest BCUT2D eigenvalue weighted by atomic mass is 10.1. The van der Waals surface area contributed by atoms with Gasteiger partial charge in [0.2, 0.25) is 5.75 Å². The summed E-state index contributed by atoms with van der Waals surface area (Å²) in [5, 5.41) is 25.9. The smallest absolute Gasteiger partial charge is 0.311 e. The van der Waals surface area contributed by atoms with Crippen LogP contribution in [0.15, 0.2) is 29.8 Å². The highest BCUT2D eigenvalue weighted by atomic mass is 32.1. The van der Waals surface area contributed by atoms with Gasteiger partial charge in [-0.15, -0.1) is 11.3 Å². The number of aromatic hydroxyl groups is 1. The van der Waals surface area contributed by atoms with Crippen molar-refractivity contribution in [3.63, 3.8) is 0 Å². The lowest BCUT2D eigenvalue weighted by molar-refractivity contribution is -0.385. The Morgan fingerprint density at radius 3 is 2.95 bits per heavy atom. The van der Waals surface area contributed by atoms with Crippen molar-refractivity contribution in [3.05, 3.63) is 50.5 Å². The molecular formula is C13H13N3O4S. The van der Waals surface area contributed by atoms with Crippen LogP contribution in [0, 0.1) is 10.1 Å². The summed E-state index contributed by atoms with van der Waals surface area (Å²) >= 11 is 1.49. The molecule has 2 aromatic rings. The minimum atomic E-state index is -0.732. The zero-order valence-corrected chi connectivity index (χ0v) is 12.0. The van der Waals surface area contributed by atoms with Gasteiger partial charge in [0, 0.05) is 30.1 Å². The molecule has 0 saturated carbocycles. The molecule has 110 valence electrons. The average molecular weight is 307 g/mol. The molecule has 8 heteroatoms. The van der Waals surface area contributed by atoms with Crippen molar-refractivity contribution in [1.82, 2.24) is 10.3 Å². The van der Waals surface area contributed by atoms with E-state index in [9.17, 15) is 20.0 Å². The summed E-state index contributed by atoms with van der Waals surface area (Å²) in [7, 11) is 0. The molecule has 21 heavy (non-hydrogen) atoms. The first-order chi connectivity index (χ1) is 10.0. The van der Waals surface area contributed by atoms with Crippen molar-refractivity contribution < 1.29 is 14.8 Å². The summed E-state index contributed by atoms with van der Waals surface area (Å²) < 4.78 is 0. The number of hydrogen-bond donors (Lipinski definition) is 2. The van der Waals surface area contributed by atoms with Gasteiger partial charge in [-0.3, -0.25) is 14.9 Å². The van der Waals surface area contributed by atoms with Crippen molar-refractivity contribution >= 4 is 22.9 Å². The molecule has 2 N–H and O–H groups in total. The quantitative estimate of drug-likeness (QED) is 0.651. The van der Waals surface area contributed by atoms with Crippen molar-refractivity contribution in [3.8, 4) is 5.75 Å². The van der Waals surface area contributed by atoms with Gasteiger partial charge < -0.3 is 10.4 Å². The van der Waals surface area contributed by atoms with Crippen LogP contribution in [0.3, 0.4) is 0 Å². The van der Waals surface area contributed by atoms with E-state index in [0.29, 0.717) is 6.54 Å². The molecule has 0 aliphatic carbocycles. The topological polar surface area (TPSA) is 105 Å². The lowest BCUT2D eigenvalue weighted by Crippen LogP contribution is -2.27. The van der Waals surface area contributed by atoms with Gasteiger partial charge in [0.25, 0.3) is 5.91 Å². The minimum absolute atomic E-state index is 0.0230. The Labute approximate surface area is 124 Å². The zero-order valence-electron chi connectivity index (χ0n) is 11.1. The number of para-hydroxylation sites is 1. The van der Waals surface area contributed by atoms with Gasteiger partial charge in [-0.1, -0.05) is 13.0 Å². The van der Waals surface area contributed by atoms with Crippen molar-refractivity contribution in [2.45, 2.75) is 12.8 Å². The third kappa shape index (κ3) is 3.34. The van der Waals surface area contributed by atoms with Gasteiger partial charge >= 0.3 is 5.69 Å². The fraction of sp³-hybridized carbons (Fsp3) is 0.231. The molecule has 2 rings (SSSR count). The summed E-state index contributed by atoms with van der Waals surface area (Å²) in [4.78, 5) is 26.1. The van der Waals surface area contributed by atoms with E-state index >= 15 is 0 Å². The van der Waals surface area contributed by atoms with E-state index in [-0.39, 0.29) is 11.5 Å². The van der Waals surface area contributed by atoms with E-state index < -0.39 is 22.3 Å².